The maximum atomic E-state index is 13.2. The van der Waals surface area contributed by atoms with Crippen LogP contribution in [0.2, 0.25) is 0 Å². The molecular weight excluding hydrogens is 488 g/mol. The lowest BCUT2D eigenvalue weighted by atomic mass is 10.0. The van der Waals surface area contributed by atoms with Gasteiger partial charge in [-0.05, 0) is 54.4 Å². The van der Waals surface area contributed by atoms with Gasteiger partial charge in [-0.2, -0.15) is 0 Å². The summed E-state index contributed by atoms with van der Waals surface area (Å²) in [6.07, 6.45) is 0.0485. The molecule has 0 heterocycles. The summed E-state index contributed by atoms with van der Waals surface area (Å²) in [6.45, 7) is 2.47. The number of esters is 1. The molecule has 0 aromatic heterocycles. The third-order valence-electron chi connectivity index (χ3n) is 5.55. The van der Waals surface area contributed by atoms with Crippen LogP contribution in [-0.4, -0.2) is 43.2 Å². The van der Waals surface area contributed by atoms with Crippen molar-refractivity contribution < 1.29 is 29.0 Å². The minimum Gasteiger partial charge on any atom is -0.493 e. The van der Waals surface area contributed by atoms with Gasteiger partial charge in [-0.15, -0.1) is 0 Å². The molecule has 0 aliphatic heterocycles. The largest absolute Gasteiger partial charge is 0.493 e. The molecule has 200 valence electrons. The van der Waals surface area contributed by atoms with Gasteiger partial charge >= 0.3 is 5.97 Å². The van der Waals surface area contributed by atoms with E-state index in [0.29, 0.717) is 34.9 Å². The average molecular weight is 521 g/mol. The molecule has 10 heteroatoms. The zero-order valence-electron chi connectivity index (χ0n) is 21.3. The number of carbonyl (C=O) groups excluding carboxylic acids is 2. The number of amidine groups is 1. The Hall–Kier alpha value is -4.57. The molecule has 0 fully saturated rings. The number of hydrogen-bond acceptors (Lipinski definition) is 8. The van der Waals surface area contributed by atoms with E-state index in [9.17, 15) is 9.59 Å². The number of hydroxylamine groups is 1. The monoisotopic (exact) mass is 520 g/mol. The van der Waals surface area contributed by atoms with E-state index in [1.165, 1.54) is 7.11 Å². The van der Waals surface area contributed by atoms with Crippen LogP contribution >= 0.6 is 0 Å². The highest BCUT2D eigenvalue weighted by Crippen LogP contribution is 2.32. The van der Waals surface area contributed by atoms with Crippen molar-refractivity contribution in [3.05, 3.63) is 89.5 Å². The number of anilines is 1. The Labute approximate surface area is 221 Å². The van der Waals surface area contributed by atoms with Crippen molar-refractivity contribution in [3.8, 4) is 11.5 Å². The van der Waals surface area contributed by atoms with Gasteiger partial charge in [0.2, 0.25) is 5.91 Å². The molecule has 10 nitrogen and oxygen atoms in total. The zero-order valence-corrected chi connectivity index (χ0v) is 21.3. The fourth-order valence-electron chi connectivity index (χ4n) is 3.61. The van der Waals surface area contributed by atoms with E-state index in [1.54, 1.807) is 54.9 Å². The third-order valence-corrected chi connectivity index (χ3v) is 5.55. The Morgan fingerprint density at radius 2 is 1.74 bits per heavy atom. The van der Waals surface area contributed by atoms with Crippen molar-refractivity contribution in [3.63, 3.8) is 0 Å². The van der Waals surface area contributed by atoms with E-state index in [4.69, 9.17) is 24.8 Å². The average Bonchev–Trinajstić information content (AvgIpc) is 2.95. The quantitative estimate of drug-likeness (QED) is 0.0992. The maximum absolute atomic E-state index is 13.2. The summed E-state index contributed by atoms with van der Waals surface area (Å²) in [5.41, 5.74) is 4.49. The van der Waals surface area contributed by atoms with Gasteiger partial charge in [0.1, 0.15) is 18.5 Å². The highest BCUT2D eigenvalue weighted by Gasteiger charge is 2.23. The van der Waals surface area contributed by atoms with Crippen LogP contribution in [0.5, 0.6) is 11.5 Å². The molecule has 3 aromatic rings. The van der Waals surface area contributed by atoms with Gasteiger partial charge < -0.3 is 24.8 Å². The summed E-state index contributed by atoms with van der Waals surface area (Å²) >= 11 is 0. The Balaban J connectivity index is 1.81. The minimum atomic E-state index is -0.837. The molecule has 38 heavy (non-hydrogen) atoms. The molecule has 1 atom stereocenters. The van der Waals surface area contributed by atoms with Crippen molar-refractivity contribution in [1.82, 2.24) is 10.8 Å². The highest BCUT2D eigenvalue weighted by molar-refractivity contribution is 5.96. The number of amides is 1. The number of methoxy groups -OCH3 is 1. The first-order valence-electron chi connectivity index (χ1n) is 12.1. The zero-order chi connectivity index (χ0) is 27.3. The predicted molar refractivity (Wildman–Crippen MR) is 143 cm³/mol. The van der Waals surface area contributed by atoms with Gasteiger partial charge in [0, 0.05) is 17.8 Å². The van der Waals surface area contributed by atoms with E-state index in [0.717, 1.165) is 5.56 Å². The van der Waals surface area contributed by atoms with Crippen molar-refractivity contribution in [2.24, 2.45) is 0 Å². The molecule has 0 spiro atoms. The first kappa shape index (κ1) is 28.0. The molecular formula is C28H32N4O6. The molecule has 0 saturated heterocycles. The smallest absolute Gasteiger partial charge is 0.307 e. The van der Waals surface area contributed by atoms with Crippen molar-refractivity contribution in [1.29, 1.82) is 5.41 Å². The minimum absolute atomic E-state index is 0.0485. The SMILES string of the molecule is CCOC(=O)CCNC(=O)[C@@H](Nc1ccc(C(=N)NO)cc1)c1ccc(OCc2ccccc2)c(OC)c1. The van der Waals surface area contributed by atoms with E-state index in [-0.39, 0.29) is 31.3 Å². The van der Waals surface area contributed by atoms with Crippen molar-refractivity contribution >= 4 is 23.4 Å². The molecule has 1 amide bonds. The summed E-state index contributed by atoms with van der Waals surface area (Å²) in [6, 6.07) is 20.8. The summed E-state index contributed by atoms with van der Waals surface area (Å²) in [4.78, 5) is 24.9. The lowest BCUT2D eigenvalue weighted by Crippen LogP contribution is -2.35. The lowest BCUT2D eigenvalue weighted by Gasteiger charge is -2.21. The molecule has 0 unspecified atom stereocenters. The van der Waals surface area contributed by atoms with Crippen LogP contribution in [-0.2, 0) is 20.9 Å². The van der Waals surface area contributed by atoms with Crippen LogP contribution in [0, 0.1) is 5.41 Å². The van der Waals surface area contributed by atoms with Crippen LogP contribution in [0.3, 0.4) is 0 Å². The second-order valence-corrected chi connectivity index (χ2v) is 8.17. The molecule has 0 bridgehead atoms. The first-order valence-corrected chi connectivity index (χ1v) is 12.1. The summed E-state index contributed by atoms with van der Waals surface area (Å²) < 4.78 is 16.4. The number of hydrogen-bond donors (Lipinski definition) is 5. The second kappa shape index (κ2) is 14.2. The number of benzene rings is 3. The van der Waals surface area contributed by atoms with Crippen LogP contribution in [0.15, 0.2) is 72.8 Å². The Morgan fingerprint density at radius 3 is 2.39 bits per heavy atom. The lowest BCUT2D eigenvalue weighted by molar-refractivity contribution is -0.143. The summed E-state index contributed by atoms with van der Waals surface area (Å²) in [5.74, 6) is 0.0847. The molecule has 0 aliphatic rings. The molecule has 0 radical (unpaired) electrons. The van der Waals surface area contributed by atoms with Gasteiger partial charge in [0.15, 0.2) is 11.5 Å². The third kappa shape index (κ3) is 7.97. The number of nitrogens with one attached hydrogen (secondary N) is 4. The predicted octanol–water partition coefficient (Wildman–Crippen LogP) is 3.80. The summed E-state index contributed by atoms with van der Waals surface area (Å²) in [7, 11) is 1.53. The van der Waals surface area contributed by atoms with Gasteiger partial charge in [-0.1, -0.05) is 36.4 Å². The van der Waals surface area contributed by atoms with Gasteiger partial charge in [0.05, 0.1) is 20.1 Å². The van der Waals surface area contributed by atoms with Crippen molar-refractivity contribution in [2.45, 2.75) is 26.0 Å². The van der Waals surface area contributed by atoms with Gasteiger partial charge in [-0.25, -0.2) is 0 Å². The van der Waals surface area contributed by atoms with Crippen LogP contribution in [0.1, 0.15) is 36.1 Å². The van der Waals surface area contributed by atoms with E-state index in [1.807, 2.05) is 30.3 Å². The van der Waals surface area contributed by atoms with Gasteiger partial charge in [-0.3, -0.25) is 25.7 Å². The molecule has 0 aliphatic carbocycles. The normalized spacial score (nSPS) is 11.1. The molecule has 3 rings (SSSR count). The first-order chi connectivity index (χ1) is 18.4. The standard InChI is InChI=1S/C28H32N4O6/c1-3-37-25(33)15-16-30-28(34)26(31-22-12-9-20(10-13-22)27(29)32-35)21-11-14-23(24(17-21)36-2)38-18-19-7-5-4-6-8-19/h4-14,17,26,31,35H,3,15-16,18H2,1-2H3,(H2,29,32)(H,30,34)/t26-/m0/s1. The number of rotatable bonds is 13. The fraction of sp³-hybridized carbons (Fsp3) is 0.250. The fourth-order valence-corrected chi connectivity index (χ4v) is 3.61. The van der Waals surface area contributed by atoms with Crippen LogP contribution in [0.4, 0.5) is 5.69 Å². The Bertz CT molecular complexity index is 1220. The number of ether oxygens (including phenoxy) is 3. The van der Waals surface area contributed by atoms with Gasteiger partial charge in [0.25, 0.3) is 0 Å². The maximum Gasteiger partial charge on any atom is 0.307 e. The Morgan fingerprint density at radius 1 is 1.00 bits per heavy atom. The van der Waals surface area contributed by atoms with Crippen LogP contribution in [0.25, 0.3) is 0 Å². The highest BCUT2D eigenvalue weighted by atomic mass is 16.5. The molecule has 3 aromatic carbocycles. The Kier molecular flexibility index (Phi) is 10.5. The van der Waals surface area contributed by atoms with E-state index < -0.39 is 12.0 Å². The molecule has 5 N–H and O–H groups in total. The van der Waals surface area contributed by atoms with Crippen molar-refractivity contribution in [2.75, 3.05) is 25.6 Å². The van der Waals surface area contributed by atoms with E-state index in [2.05, 4.69) is 10.6 Å². The number of carbonyl (C=O) groups is 2. The summed E-state index contributed by atoms with van der Waals surface area (Å²) in [5, 5.41) is 22.6. The topological polar surface area (TPSA) is 142 Å². The second-order valence-electron chi connectivity index (χ2n) is 8.17. The molecule has 0 saturated carbocycles. The van der Waals surface area contributed by atoms with Crippen LogP contribution < -0.4 is 25.6 Å². The van der Waals surface area contributed by atoms with E-state index >= 15 is 0 Å².